The van der Waals surface area contributed by atoms with Gasteiger partial charge >= 0.3 is 6.18 Å². The number of hydrogen-bond donors (Lipinski definition) is 1. The average molecular weight is 281 g/mol. The summed E-state index contributed by atoms with van der Waals surface area (Å²) in [5, 5.41) is 2.92. The van der Waals surface area contributed by atoms with E-state index in [4.69, 9.17) is 0 Å². The van der Waals surface area contributed by atoms with Crippen molar-refractivity contribution >= 4 is 0 Å². The van der Waals surface area contributed by atoms with Gasteiger partial charge in [-0.3, -0.25) is 0 Å². The molecule has 1 aromatic carbocycles. The van der Waals surface area contributed by atoms with Crippen molar-refractivity contribution in [2.45, 2.75) is 38.4 Å². The van der Waals surface area contributed by atoms with Gasteiger partial charge in [-0.2, -0.15) is 13.2 Å². The standard InChI is InChI=1S/C13H16F5N/c1-9(11-5-4-10(14)8-12(11)15)19-7-3-2-6-13(16,17)18/h4-5,8-9,19H,2-3,6-7H2,1H3. The zero-order chi connectivity index (χ0) is 14.5. The van der Waals surface area contributed by atoms with Crippen LogP contribution in [0.25, 0.3) is 0 Å². The van der Waals surface area contributed by atoms with E-state index in [0.717, 1.165) is 12.1 Å². The number of hydrogen-bond acceptors (Lipinski definition) is 1. The molecule has 0 aliphatic carbocycles. The number of halogens is 5. The summed E-state index contributed by atoms with van der Waals surface area (Å²) in [6.45, 7) is 2.04. The molecule has 0 radical (unpaired) electrons. The smallest absolute Gasteiger partial charge is 0.310 e. The van der Waals surface area contributed by atoms with Crippen LogP contribution in [0.5, 0.6) is 0 Å². The molecule has 1 N–H and O–H groups in total. The molecule has 1 atom stereocenters. The fourth-order valence-corrected chi connectivity index (χ4v) is 1.73. The fraction of sp³-hybridized carbons (Fsp3) is 0.538. The second kappa shape index (κ2) is 6.84. The molecule has 0 aliphatic rings. The number of benzene rings is 1. The summed E-state index contributed by atoms with van der Waals surface area (Å²) in [6.07, 6.45) is -4.55. The van der Waals surface area contributed by atoms with E-state index < -0.39 is 24.2 Å². The van der Waals surface area contributed by atoms with Crippen LogP contribution in [-0.4, -0.2) is 12.7 Å². The van der Waals surface area contributed by atoms with E-state index in [1.54, 1.807) is 6.92 Å². The van der Waals surface area contributed by atoms with Crippen LogP contribution in [0.1, 0.15) is 37.8 Å². The Bertz CT molecular complexity index is 403. The van der Waals surface area contributed by atoms with Gasteiger partial charge in [0, 0.05) is 24.1 Å². The Labute approximate surface area is 108 Å². The van der Waals surface area contributed by atoms with Crippen LogP contribution < -0.4 is 5.32 Å². The molecular formula is C13H16F5N. The SMILES string of the molecule is CC(NCCCCC(F)(F)F)c1ccc(F)cc1F. The minimum Gasteiger partial charge on any atom is -0.310 e. The molecule has 0 aliphatic heterocycles. The Balaban J connectivity index is 2.33. The normalized spacial score (nSPS) is 13.6. The zero-order valence-electron chi connectivity index (χ0n) is 10.5. The van der Waals surface area contributed by atoms with Gasteiger partial charge < -0.3 is 5.32 Å². The first-order chi connectivity index (χ1) is 8.79. The van der Waals surface area contributed by atoms with E-state index in [9.17, 15) is 22.0 Å². The molecule has 0 aromatic heterocycles. The summed E-state index contributed by atoms with van der Waals surface area (Å²) in [4.78, 5) is 0. The maximum Gasteiger partial charge on any atom is 0.389 e. The predicted octanol–water partition coefficient (Wildman–Crippen LogP) is 4.35. The molecule has 0 fully saturated rings. The van der Waals surface area contributed by atoms with Gasteiger partial charge in [0.15, 0.2) is 0 Å². The highest BCUT2D eigenvalue weighted by Crippen LogP contribution is 2.22. The van der Waals surface area contributed by atoms with Gasteiger partial charge in [-0.05, 0) is 32.4 Å². The Morgan fingerprint density at radius 1 is 1.16 bits per heavy atom. The third-order valence-electron chi connectivity index (χ3n) is 2.77. The monoisotopic (exact) mass is 281 g/mol. The van der Waals surface area contributed by atoms with Crippen molar-refractivity contribution in [2.75, 3.05) is 6.54 Å². The van der Waals surface area contributed by atoms with Crippen LogP contribution in [0, 0.1) is 11.6 Å². The van der Waals surface area contributed by atoms with Crippen LogP contribution >= 0.6 is 0 Å². The van der Waals surface area contributed by atoms with E-state index in [-0.39, 0.29) is 12.5 Å². The largest absolute Gasteiger partial charge is 0.389 e. The molecule has 1 unspecified atom stereocenters. The van der Waals surface area contributed by atoms with Crippen LogP contribution in [0.4, 0.5) is 22.0 Å². The molecule has 0 amide bonds. The first-order valence-electron chi connectivity index (χ1n) is 6.04. The molecule has 0 saturated carbocycles. The maximum absolute atomic E-state index is 13.4. The summed E-state index contributed by atoms with van der Waals surface area (Å²) in [6, 6.07) is 2.90. The molecule has 19 heavy (non-hydrogen) atoms. The lowest BCUT2D eigenvalue weighted by molar-refractivity contribution is -0.135. The highest BCUT2D eigenvalue weighted by molar-refractivity contribution is 5.21. The predicted molar refractivity (Wildman–Crippen MR) is 62.7 cm³/mol. The van der Waals surface area contributed by atoms with Crippen LogP contribution in [0.2, 0.25) is 0 Å². The van der Waals surface area contributed by atoms with E-state index in [1.807, 2.05) is 0 Å². The molecule has 0 bridgehead atoms. The highest BCUT2D eigenvalue weighted by atomic mass is 19.4. The number of nitrogens with one attached hydrogen (secondary N) is 1. The van der Waals surface area contributed by atoms with Crippen molar-refractivity contribution in [3.63, 3.8) is 0 Å². The van der Waals surface area contributed by atoms with E-state index >= 15 is 0 Å². The Morgan fingerprint density at radius 3 is 2.42 bits per heavy atom. The Morgan fingerprint density at radius 2 is 1.84 bits per heavy atom. The third-order valence-corrected chi connectivity index (χ3v) is 2.77. The number of rotatable bonds is 6. The molecule has 6 heteroatoms. The van der Waals surface area contributed by atoms with Gasteiger partial charge in [-0.25, -0.2) is 8.78 Å². The van der Waals surface area contributed by atoms with Gasteiger partial charge in [-0.15, -0.1) is 0 Å². The second-order valence-electron chi connectivity index (χ2n) is 4.41. The first-order valence-corrected chi connectivity index (χ1v) is 6.04. The molecule has 0 heterocycles. The Hall–Kier alpha value is -1.17. The van der Waals surface area contributed by atoms with Gasteiger partial charge in [0.1, 0.15) is 11.6 Å². The lowest BCUT2D eigenvalue weighted by Crippen LogP contribution is -2.21. The lowest BCUT2D eigenvalue weighted by atomic mass is 10.1. The maximum atomic E-state index is 13.4. The summed E-state index contributed by atoms with van der Waals surface area (Å²) in [5.41, 5.74) is 0.303. The summed E-state index contributed by atoms with van der Waals surface area (Å²) in [5.74, 6) is -1.31. The third kappa shape index (κ3) is 6.00. The summed E-state index contributed by atoms with van der Waals surface area (Å²) in [7, 11) is 0. The van der Waals surface area contributed by atoms with Gasteiger partial charge in [-0.1, -0.05) is 6.07 Å². The minimum atomic E-state index is -4.13. The Kier molecular flexibility index (Phi) is 5.72. The van der Waals surface area contributed by atoms with Crippen molar-refractivity contribution in [3.8, 4) is 0 Å². The average Bonchev–Trinajstić information content (AvgIpc) is 2.26. The second-order valence-corrected chi connectivity index (χ2v) is 4.41. The minimum absolute atomic E-state index is 0.0368. The van der Waals surface area contributed by atoms with Crippen molar-refractivity contribution in [1.29, 1.82) is 0 Å². The highest BCUT2D eigenvalue weighted by Gasteiger charge is 2.25. The first kappa shape index (κ1) is 15.9. The summed E-state index contributed by atoms with van der Waals surface area (Å²) < 4.78 is 61.8. The van der Waals surface area contributed by atoms with Crippen molar-refractivity contribution < 1.29 is 22.0 Å². The van der Waals surface area contributed by atoms with Gasteiger partial charge in [0.05, 0.1) is 0 Å². The fourth-order valence-electron chi connectivity index (χ4n) is 1.73. The van der Waals surface area contributed by atoms with E-state index in [1.165, 1.54) is 6.07 Å². The van der Waals surface area contributed by atoms with Crippen LogP contribution in [0.15, 0.2) is 18.2 Å². The van der Waals surface area contributed by atoms with Crippen molar-refractivity contribution in [1.82, 2.24) is 5.32 Å². The molecule has 1 nitrogen and oxygen atoms in total. The number of alkyl halides is 3. The number of unbranched alkanes of at least 4 members (excludes halogenated alkanes) is 1. The molecular weight excluding hydrogens is 265 g/mol. The quantitative estimate of drug-likeness (QED) is 0.604. The molecule has 108 valence electrons. The van der Waals surface area contributed by atoms with E-state index in [0.29, 0.717) is 18.5 Å². The zero-order valence-corrected chi connectivity index (χ0v) is 10.5. The topological polar surface area (TPSA) is 12.0 Å². The van der Waals surface area contributed by atoms with Gasteiger partial charge in [0.25, 0.3) is 0 Å². The van der Waals surface area contributed by atoms with Crippen LogP contribution in [0.3, 0.4) is 0 Å². The molecule has 0 spiro atoms. The summed E-state index contributed by atoms with van der Waals surface area (Å²) >= 11 is 0. The molecule has 1 aromatic rings. The van der Waals surface area contributed by atoms with Crippen molar-refractivity contribution in [2.24, 2.45) is 0 Å². The van der Waals surface area contributed by atoms with E-state index in [2.05, 4.69) is 5.32 Å². The van der Waals surface area contributed by atoms with Crippen molar-refractivity contribution in [3.05, 3.63) is 35.4 Å². The molecule has 0 saturated heterocycles. The lowest BCUT2D eigenvalue weighted by Gasteiger charge is -2.15. The molecule has 1 rings (SSSR count). The van der Waals surface area contributed by atoms with Gasteiger partial charge in [0.2, 0.25) is 0 Å². The van der Waals surface area contributed by atoms with Crippen LogP contribution in [-0.2, 0) is 0 Å².